The van der Waals surface area contributed by atoms with E-state index in [0.717, 1.165) is 27.3 Å². The van der Waals surface area contributed by atoms with Gasteiger partial charge in [-0.05, 0) is 12.1 Å². The van der Waals surface area contributed by atoms with Crippen molar-refractivity contribution in [2.24, 2.45) is 0 Å². The van der Waals surface area contributed by atoms with Gasteiger partial charge in [-0.2, -0.15) is 4.98 Å². The first-order valence-electron chi connectivity index (χ1n) is 6.67. The molecule has 106 valence electrons. The van der Waals surface area contributed by atoms with E-state index in [4.69, 9.17) is 10.5 Å². The molecule has 3 heterocycles. The third-order valence-corrected chi connectivity index (χ3v) is 4.34. The molecular weight excluding hydrogens is 286 g/mol. The fourth-order valence-corrected chi connectivity index (χ4v) is 3.16. The third kappa shape index (κ3) is 2.20. The van der Waals surface area contributed by atoms with Gasteiger partial charge in [-0.3, -0.25) is 0 Å². The Balaban J connectivity index is 1.84. The Morgan fingerprint density at radius 2 is 2.10 bits per heavy atom. The maximum absolute atomic E-state index is 6.05. The summed E-state index contributed by atoms with van der Waals surface area (Å²) in [6.07, 6.45) is 0. The van der Waals surface area contributed by atoms with Crippen molar-refractivity contribution in [1.82, 2.24) is 20.3 Å². The molecule has 3 N–H and O–H groups in total. The number of ether oxygens (including phenoxy) is 1. The summed E-state index contributed by atoms with van der Waals surface area (Å²) in [5, 5.41) is 3.98. The van der Waals surface area contributed by atoms with Crippen molar-refractivity contribution in [3.05, 3.63) is 29.8 Å². The van der Waals surface area contributed by atoms with Crippen LogP contribution in [0.25, 0.3) is 21.0 Å². The molecule has 3 aromatic rings. The molecule has 0 saturated carbocycles. The molecule has 1 aromatic carbocycles. The average molecular weight is 299 g/mol. The van der Waals surface area contributed by atoms with Gasteiger partial charge in [0.2, 0.25) is 5.88 Å². The van der Waals surface area contributed by atoms with E-state index in [1.807, 2.05) is 24.3 Å². The van der Waals surface area contributed by atoms with Gasteiger partial charge in [-0.15, -0.1) is 11.3 Å². The molecule has 0 spiro atoms. The van der Waals surface area contributed by atoms with Gasteiger partial charge in [0.15, 0.2) is 10.8 Å². The lowest BCUT2D eigenvalue weighted by molar-refractivity contribution is 0.314. The van der Waals surface area contributed by atoms with Gasteiger partial charge < -0.3 is 15.8 Å². The van der Waals surface area contributed by atoms with E-state index in [0.29, 0.717) is 30.7 Å². The van der Waals surface area contributed by atoms with Crippen LogP contribution in [0.1, 0.15) is 5.56 Å². The normalized spacial score (nSPS) is 14.5. The number of hydrogen-bond donors (Lipinski definition) is 2. The van der Waals surface area contributed by atoms with Crippen LogP contribution in [-0.2, 0) is 6.54 Å². The molecule has 0 fully saturated rings. The molecule has 2 aromatic heterocycles. The minimum Gasteiger partial charge on any atom is -0.476 e. The largest absolute Gasteiger partial charge is 0.476 e. The van der Waals surface area contributed by atoms with Gasteiger partial charge in [0, 0.05) is 13.1 Å². The lowest BCUT2D eigenvalue weighted by Gasteiger charge is -2.08. The van der Waals surface area contributed by atoms with Crippen LogP contribution >= 0.6 is 11.3 Å². The Hall–Kier alpha value is -2.25. The number of anilines is 1. The second-order valence-electron chi connectivity index (χ2n) is 4.73. The van der Waals surface area contributed by atoms with Gasteiger partial charge in [-0.25, -0.2) is 9.97 Å². The van der Waals surface area contributed by atoms with Gasteiger partial charge in [-0.1, -0.05) is 12.1 Å². The Morgan fingerprint density at radius 1 is 1.19 bits per heavy atom. The summed E-state index contributed by atoms with van der Waals surface area (Å²) in [6, 6.07) is 7.96. The predicted molar refractivity (Wildman–Crippen MR) is 82.3 cm³/mol. The molecule has 0 saturated heterocycles. The lowest BCUT2D eigenvalue weighted by atomic mass is 10.3. The van der Waals surface area contributed by atoms with Crippen molar-refractivity contribution < 1.29 is 4.74 Å². The van der Waals surface area contributed by atoms with E-state index in [1.165, 1.54) is 0 Å². The Labute approximate surface area is 125 Å². The number of benzene rings is 1. The minimum atomic E-state index is 0.448. The number of thiazole rings is 1. The van der Waals surface area contributed by atoms with E-state index < -0.39 is 0 Å². The van der Waals surface area contributed by atoms with Crippen LogP contribution in [0.4, 0.5) is 5.82 Å². The highest BCUT2D eigenvalue weighted by Gasteiger charge is 2.18. The molecule has 1 aliphatic rings. The Morgan fingerprint density at radius 3 is 3.00 bits per heavy atom. The molecule has 6 nitrogen and oxygen atoms in total. The van der Waals surface area contributed by atoms with Gasteiger partial charge in [0.1, 0.15) is 12.4 Å². The Kier molecular flexibility index (Phi) is 2.94. The van der Waals surface area contributed by atoms with Gasteiger partial charge in [0.05, 0.1) is 15.8 Å². The smallest absolute Gasteiger partial charge is 0.223 e. The predicted octanol–water partition coefficient (Wildman–Crippen LogP) is 1.82. The molecular formula is C14H13N5OS. The van der Waals surface area contributed by atoms with E-state index >= 15 is 0 Å². The summed E-state index contributed by atoms with van der Waals surface area (Å²) in [4.78, 5) is 13.4. The third-order valence-electron chi connectivity index (χ3n) is 3.31. The molecule has 0 bridgehead atoms. The van der Waals surface area contributed by atoms with Gasteiger partial charge >= 0.3 is 0 Å². The van der Waals surface area contributed by atoms with E-state index in [2.05, 4.69) is 20.3 Å². The molecule has 0 atom stereocenters. The van der Waals surface area contributed by atoms with Crippen molar-refractivity contribution in [1.29, 1.82) is 0 Å². The molecule has 0 radical (unpaired) electrons. The molecule has 7 heteroatoms. The zero-order chi connectivity index (χ0) is 14.2. The average Bonchev–Trinajstić information content (AvgIpc) is 2.78. The topological polar surface area (TPSA) is 86.0 Å². The maximum atomic E-state index is 6.05. The number of nitrogens with zero attached hydrogens (tertiary/aromatic N) is 3. The minimum absolute atomic E-state index is 0.448. The van der Waals surface area contributed by atoms with E-state index in [9.17, 15) is 0 Å². The zero-order valence-electron chi connectivity index (χ0n) is 11.2. The highest BCUT2D eigenvalue weighted by atomic mass is 32.1. The molecule has 0 unspecified atom stereocenters. The van der Waals surface area contributed by atoms with Crippen LogP contribution in [0.15, 0.2) is 24.3 Å². The van der Waals surface area contributed by atoms with Crippen LogP contribution < -0.4 is 15.8 Å². The SMILES string of the molecule is Nc1nc(-c2nc3ccccc3s2)nc2c1CNCCO2. The van der Waals surface area contributed by atoms with Crippen LogP contribution in [0.5, 0.6) is 5.88 Å². The number of para-hydroxylation sites is 1. The summed E-state index contributed by atoms with van der Waals surface area (Å²) < 4.78 is 6.75. The number of nitrogen functional groups attached to an aromatic ring is 1. The quantitative estimate of drug-likeness (QED) is 0.713. The van der Waals surface area contributed by atoms with Crippen LogP contribution in [0, 0.1) is 0 Å². The standard InChI is InChI=1S/C14H13N5OS/c15-11-8-7-16-5-6-20-13(8)19-12(18-11)14-17-9-3-1-2-4-10(9)21-14/h1-4,16H,5-7H2,(H2,15,18,19). The fourth-order valence-electron chi connectivity index (χ4n) is 2.26. The number of nitrogens with two attached hydrogens (primary N) is 1. The first-order valence-corrected chi connectivity index (χ1v) is 7.49. The van der Waals surface area contributed by atoms with Crippen molar-refractivity contribution in [2.45, 2.75) is 6.54 Å². The Bertz CT molecular complexity index is 783. The van der Waals surface area contributed by atoms with E-state index in [1.54, 1.807) is 11.3 Å². The second kappa shape index (κ2) is 4.94. The van der Waals surface area contributed by atoms with Crippen molar-refractivity contribution in [3.8, 4) is 16.7 Å². The van der Waals surface area contributed by atoms with E-state index in [-0.39, 0.29) is 0 Å². The van der Waals surface area contributed by atoms with Crippen LogP contribution in [0.3, 0.4) is 0 Å². The molecule has 0 amide bonds. The van der Waals surface area contributed by atoms with Crippen molar-refractivity contribution in [2.75, 3.05) is 18.9 Å². The van der Waals surface area contributed by atoms with Gasteiger partial charge in [0.25, 0.3) is 0 Å². The highest BCUT2D eigenvalue weighted by molar-refractivity contribution is 7.21. The summed E-state index contributed by atoms with van der Waals surface area (Å²) in [5.74, 6) is 1.53. The highest BCUT2D eigenvalue weighted by Crippen LogP contribution is 2.31. The monoisotopic (exact) mass is 299 g/mol. The fraction of sp³-hybridized carbons (Fsp3) is 0.214. The molecule has 21 heavy (non-hydrogen) atoms. The number of fused-ring (bicyclic) bond motifs is 2. The number of nitrogens with one attached hydrogen (secondary N) is 1. The zero-order valence-corrected chi connectivity index (χ0v) is 12.0. The molecule has 0 aliphatic carbocycles. The summed E-state index contributed by atoms with van der Waals surface area (Å²) >= 11 is 1.55. The number of rotatable bonds is 1. The van der Waals surface area contributed by atoms with Crippen molar-refractivity contribution >= 4 is 27.4 Å². The van der Waals surface area contributed by atoms with Crippen LogP contribution in [0.2, 0.25) is 0 Å². The summed E-state index contributed by atoms with van der Waals surface area (Å²) in [7, 11) is 0. The summed E-state index contributed by atoms with van der Waals surface area (Å²) in [6.45, 7) is 1.97. The first-order chi connectivity index (χ1) is 10.3. The number of aromatic nitrogens is 3. The first kappa shape index (κ1) is 12.5. The van der Waals surface area contributed by atoms with Crippen molar-refractivity contribution in [3.63, 3.8) is 0 Å². The molecule has 4 rings (SSSR count). The van der Waals surface area contributed by atoms with Crippen LogP contribution in [-0.4, -0.2) is 28.1 Å². The maximum Gasteiger partial charge on any atom is 0.223 e. The molecule has 1 aliphatic heterocycles. The number of hydrogen-bond acceptors (Lipinski definition) is 7. The lowest BCUT2D eigenvalue weighted by Crippen LogP contribution is -2.16. The second-order valence-corrected chi connectivity index (χ2v) is 5.76. The summed E-state index contributed by atoms with van der Waals surface area (Å²) in [5.41, 5.74) is 7.81.